The average molecular weight is 451 g/mol. The summed E-state index contributed by atoms with van der Waals surface area (Å²) in [5.41, 5.74) is 2.93. The molecule has 3 aromatic carbocycles. The molecule has 1 heterocycles. The first-order valence-corrected chi connectivity index (χ1v) is 10.8. The Morgan fingerprint density at radius 3 is 2.70 bits per heavy atom. The third-order valence-corrected chi connectivity index (χ3v) is 5.67. The van der Waals surface area contributed by atoms with Crippen molar-refractivity contribution >= 4 is 5.91 Å². The first kappa shape index (κ1) is 22.6. The molecule has 0 atom stereocenters. The first-order chi connectivity index (χ1) is 16.1. The predicted molar refractivity (Wildman–Crippen MR) is 123 cm³/mol. The van der Waals surface area contributed by atoms with Gasteiger partial charge < -0.3 is 19.5 Å². The number of methoxy groups -OCH3 is 2. The van der Waals surface area contributed by atoms with Crippen molar-refractivity contribution in [2.75, 3.05) is 27.4 Å². The highest BCUT2D eigenvalue weighted by Gasteiger charge is 2.19. The zero-order chi connectivity index (χ0) is 23.2. The molecule has 0 fully saturated rings. The summed E-state index contributed by atoms with van der Waals surface area (Å²) in [4.78, 5) is 14.9. The van der Waals surface area contributed by atoms with Crippen LogP contribution in [0.15, 0.2) is 60.7 Å². The molecule has 0 bridgehead atoms. The molecule has 0 radical (unpaired) electrons. The van der Waals surface area contributed by atoms with Gasteiger partial charge in [-0.15, -0.1) is 0 Å². The van der Waals surface area contributed by atoms with Gasteiger partial charge in [0.15, 0.2) is 0 Å². The van der Waals surface area contributed by atoms with E-state index in [-0.39, 0.29) is 18.3 Å². The van der Waals surface area contributed by atoms with Crippen molar-refractivity contribution in [1.82, 2.24) is 10.2 Å². The number of rotatable bonds is 7. The largest absolute Gasteiger partial charge is 0.497 e. The minimum atomic E-state index is -0.335. The van der Waals surface area contributed by atoms with E-state index in [2.05, 4.69) is 10.2 Å². The number of carbonyl (C=O) groups is 1. The van der Waals surface area contributed by atoms with Gasteiger partial charge in [-0.1, -0.05) is 24.3 Å². The summed E-state index contributed by atoms with van der Waals surface area (Å²) >= 11 is 0. The zero-order valence-electron chi connectivity index (χ0n) is 18.8. The number of hydrogen-bond acceptors (Lipinski definition) is 5. The van der Waals surface area contributed by atoms with E-state index in [9.17, 15) is 9.18 Å². The van der Waals surface area contributed by atoms with Crippen molar-refractivity contribution < 1.29 is 23.4 Å². The van der Waals surface area contributed by atoms with Gasteiger partial charge in [-0.2, -0.15) is 0 Å². The van der Waals surface area contributed by atoms with Crippen LogP contribution in [-0.2, 0) is 19.6 Å². The van der Waals surface area contributed by atoms with Crippen molar-refractivity contribution in [3.8, 4) is 17.2 Å². The van der Waals surface area contributed by atoms with Gasteiger partial charge >= 0.3 is 0 Å². The van der Waals surface area contributed by atoms with Crippen molar-refractivity contribution in [3.63, 3.8) is 0 Å². The molecule has 7 heteroatoms. The van der Waals surface area contributed by atoms with E-state index < -0.39 is 0 Å². The maximum absolute atomic E-state index is 13.8. The number of nitrogens with zero attached hydrogens (tertiary/aromatic N) is 1. The molecule has 1 aliphatic rings. The summed E-state index contributed by atoms with van der Waals surface area (Å²) in [5.74, 6) is 1.68. The van der Waals surface area contributed by atoms with Gasteiger partial charge in [-0.25, -0.2) is 4.39 Å². The molecular formula is C26H27FN2O4. The fourth-order valence-corrected chi connectivity index (χ4v) is 3.87. The van der Waals surface area contributed by atoms with Gasteiger partial charge in [0, 0.05) is 54.5 Å². The van der Waals surface area contributed by atoms with Crippen LogP contribution in [-0.4, -0.2) is 38.2 Å². The molecule has 1 amide bonds. The van der Waals surface area contributed by atoms with Crippen molar-refractivity contribution in [1.29, 1.82) is 0 Å². The molecule has 0 aliphatic carbocycles. The lowest BCUT2D eigenvalue weighted by molar-refractivity contribution is 0.0950. The minimum absolute atomic E-state index is 0.127. The smallest absolute Gasteiger partial charge is 0.251 e. The molecule has 3 aromatic rings. The van der Waals surface area contributed by atoms with Crippen molar-refractivity contribution in [3.05, 3.63) is 88.7 Å². The molecule has 0 saturated heterocycles. The number of benzene rings is 3. The van der Waals surface area contributed by atoms with E-state index in [1.54, 1.807) is 38.5 Å². The summed E-state index contributed by atoms with van der Waals surface area (Å²) in [6.45, 7) is 2.70. The van der Waals surface area contributed by atoms with E-state index in [1.807, 2.05) is 30.3 Å². The number of carbonyl (C=O) groups excluding carboxylic acids is 1. The first-order valence-electron chi connectivity index (χ1n) is 10.8. The Balaban J connectivity index is 1.47. The highest BCUT2D eigenvalue weighted by molar-refractivity contribution is 5.94. The Kier molecular flexibility index (Phi) is 7.10. The van der Waals surface area contributed by atoms with Crippen LogP contribution in [0, 0.1) is 5.82 Å². The molecule has 4 rings (SSSR count). The van der Waals surface area contributed by atoms with E-state index >= 15 is 0 Å². The Morgan fingerprint density at radius 1 is 1.06 bits per heavy atom. The van der Waals surface area contributed by atoms with Crippen LogP contribution < -0.4 is 19.5 Å². The van der Waals surface area contributed by atoms with Crippen molar-refractivity contribution in [2.24, 2.45) is 0 Å². The molecule has 0 unspecified atom stereocenters. The van der Waals surface area contributed by atoms with Crippen molar-refractivity contribution in [2.45, 2.75) is 19.6 Å². The topological polar surface area (TPSA) is 60.0 Å². The normalized spacial score (nSPS) is 13.4. The molecule has 6 nitrogen and oxygen atoms in total. The van der Waals surface area contributed by atoms with Crippen LogP contribution in [0.2, 0.25) is 0 Å². The molecular weight excluding hydrogens is 423 g/mol. The third kappa shape index (κ3) is 5.43. The van der Waals surface area contributed by atoms with Gasteiger partial charge in [0.1, 0.15) is 29.7 Å². The quantitative estimate of drug-likeness (QED) is 0.586. The summed E-state index contributed by atoms with van der Waals surface area (Å²) in [5, 5.41) is 2.79. The lowest BCUT2D eigenvalue weighted by atomic mass is 10.1. The molecule has 0 spiro atoms. The molecule has 0 aromatic heterocycles. The molecule has 1 N–H and O–H groups in total. The van der Waals surface area contributed by atoms with Crippen LogP contribution in [0.4, 0.5) is 4.39 Å². The van der Waals surface area contributed by atoms with Gasteiger partial charge in [0.2, 0.25) is 0 Å². The Labute approximate surface area is 192 Å². The van der Waals surface area contributed by atoms with E-state index in [0.29, 0.717) is 30.8 Å². The molecule has 172 valence electrons. The lowest BCUT2D eigenvalue weighted by Gasteiger charge is -2.21. The fourth-order valence-electron chi connectivity index (χ4n) is 3.87. The number of ether oxygens (including phenoxy) is 3. The highest BCUT2D eigenvalue weighted by Crippen LogP contribution is 2.29. The van der Waals surface area contributed by atoms with Gasteiger partial charge in [-0.3, -0.25) is 9.69 Å². The standard InChI is InChI=1S/C26H27FN2O4/c1-31-22-9-7-20(25(14-22)32-2)16-29-11-12-33-24-10-8-18(13-21(24)17-29)26(30)28-15-19-5-3-4-6-23(19)27/h3-10,13-14H,11-12,15-17H2,1-2H3,(H,28,30). The van der Waals surface area contributed by atoms with Crippen LogP contribution in [0.3, 0.4) is 0 Å². The summed E-state index contributed by atoms with van der Waals surface area (Å²) in [6.07, 6.45) is 0. The Bertz CT molecular complexity index is 1140. The SMILES string of the molecule is COc1ccc(CN2CCOc3ccc(C(=O)NCc4ccccc4F)cc3C2)c(OC)c1. The lowest BCUT2D eigenvalue weighted by Crippen LogP contribution is -2.26. The van der Waals surface area contributed by atoms with Crippen LogP contribution in [0.25, 0.3) is 0 Å². The fraction of sp³-hybridized carbons (Fsp3) is 0.269. The van der Waals surface area contributed by atoms with Gasteiger partial charge in [-0.05, 0) is 30.3 Å². The molecule has 33 heavy (non-hydrogen) atoms. The number of fused-ring (bicyclic) bond motifs is 1. The van der Waals surface area contributed by atoms with Crippen LogP contribution >= 0.6 is 0 Å². The maximum Gasteiger partial charge on any atom is 0.251 e. The predicted octanol–water partition coefficient (Wildman–Crippen LogP) is 4.17. The number of amides is 1. The highest BCUT2D eigenvalue weighted by atomic mass is 19.1. The summed E-state index contributed by atoms with van der Waals surface area (Å²) < 4.78 is 30.6. The average Bonchev–Trinajstić information content (AvgIpc) is 3.04. The zero-order valence-corrected chi connectivity index (χ0v) is 18.8. The summed E-state index contributed by atoms with van der Waals surface area (Å²) in [7, 11) is 3.27. The summed E-state index contributed by atoms with van der Waals surface area (Å²) in [6, 6.07) is 17.6. The van der Waals surface area contributed by atoms with E-state index in [4.69, 9.17) is 14.2 Å². The third-order valence-electron chi connectivity index (χ3n) is 5.67. The van der Waals surface area contributed by atoms with E-state index in [1.165, 1.54) is 6.07 Å². The molecule has 0 saturated carbocycles. The Hall–Kier alpha value is -3.58. The monoisotopic (exact) mass is 450 g/mol. The number of nitrogens with one attached hydrogen (secondary N) is 1. The second-order valence-electron chi connectivity index (χ2n) is 7.83. The number of hydrogen-bond donors (Lipinski definition) is 1. The molecule has 1 aliphatic heterocycles. The van der Waals surface area contributed by atoms with Gasteiger partial charge in [0.25, 0.3) is 5.91 Å². The number of halogens is 1. The van der Waals surface area contributed by atoms with Crippen LogP contribution in [0.1, 0.15) is 27.0 Å². The van der Waals surface area contributed by atoms with Gasteiger partial charge in [0.05, 0.1) is 14.2 Å². The van der Waals surface area contributed by atoms with Crippen LogP contribution in [0.5, 0.6) is 17.2 Å². The minimum Gasteiger partial charge on any atom is -0.497 e. The van der Waals surface area contributed by atoms with E-state index in [0.717, 1.165) is 34.9 Å². The second-order valence-corrected chi connectivity index (χ2v) is 7.83. The Morgan fingerprint density at radius 2 is 1.91 bits per heavy atom. The maximum atomic E-state index is 13.8. The second kappa shape index (κ2) is 10.4.